The Kier molecular flexibility index (Phi) is 4.76. The van der Waals surface area contributed by atoms with Crippen LogP contribution >= 0.6 is 11.6 Å². The van der Waals surface area contributed by atoms with E-state index in [4.69, 9.17) is 21.4 Å². The molecule has 8 heteroatoms. The van der Waals surface area contributed by atoms with E-state index in [2.05, 4.69) is 14.7 Å². The maximum Gasteiger partial charge on any atom is 0.512 e. The number of benzene rings is 2. The molecule has 3 rings (SSSR count). The van der Waals surface area contributed by atoms with E-state index < -0.39 is 12.0 Å². The second kappa shape index (κ2) is 7.14. The van der Waals surface area contributed by atoms with Crippen molar-refractivity contribution < 1.29 is 23.8 Å². The van der Waals surface area contributed by atoms with E-state index in [1.165, 1.54) is 24.4 Å². The number of halogens is 2. The molecule has 0 saturated heterocycles. The van der Waals surface area contributed by atoms with Gasteiger partial charge in [0, 0.05) is 22.8 Å². The van der Waals surface area contributed by atoms with Crippen LogP contribution in [0.3, 0.4) is 0 Å². The Labute approximate surface area is 146 Å². The van der Waals surface area contributed by atoms with E-state index in [0.717, 1.165) is 6.07 Å². The van der Waals surface area contributed by atoms with Crippen LogP contribution in [0.4, 0.5) is 9.18 Å². The molecule has 2 aromatic carbocycles. The van der Waals surface area contributed by atoms with Crippen molar-refractivity contribution in [3.05, 3.63) is 65.6 Å². The van der Waals surface area contributed by atoms with Crippen LogP contribution in [0.25, 0.3) is 11.4 Å². The third-order valence-electron chi connectivity index (χ3n) is 3.06. The number of nitrogens with zero attached hydrogens (tertiary/aromatic N) is 2. The minimum Gasteiger partial charge on any atom is -0.454 e. The summed E-state index contributed by atoms with van der Waals surface area (Å²) in [5, 5.41) is 8.88. The lowest BCUT2D eigenvalue weighted by Crippen LogP contribution is -2.05. The summed E-state index contributed by atoms with van der Waals surface area (Å²) in [5.41, 5.74) is 0.611. The van der Waals surface area contributed by atoms with Gasteiger partial charge in [-0.1, -0.05) is 11.6 Å². The highest BCUT2D eigenvalue weighted by Crippen LogP contribution is 2.28. The van der Waals surface area contributed by atoms with Crippen molar-refractivity contribution in [1.29, 1.82) is 0 Å². The lowest BCUT2D eigenvalue weighted by molar-refractivity contribution is 0.142. The molecule has 126 valence electrons. The Morgan fingerprint density at radius 3 is 2.56 bits per heavy atom. The van der Waals surface area contributed by atoms with Gasteiger partial charge in [-0.25, -0.2) is 14.2 Å². The zero-order chi connectivity index (χ0) is 17.8. The molecule has 1 heterocycles. The summed E-state index contributed by atoms with van der Waals surface area (Å²) in [5.74, 6) is 0.0793. The Morgan fingerprint density at radius 1 is 1.12 bits per heavy atom. The molecule has 0 fully saturated rings. The minimum absolute atomic E-state index is 0.0465. The zero-order valence-corrected chi connectivity index (χ0v) is 13.3. The van der Waals surface area contributed by atoms with Crippen molar-refractivity contribution in [2.45, 2.75) is 0 Å². The van der Waals surface area contributed by atoms with Gasteiger partial charge in [-0.3, -0.25) is 0 Å². The fourth-order valence-corrected chi connectivity index (χ4v) is 2.14. The van der Waals surface area contributed by atoms with E-state index in [1.807, 2.05) is 0 Å². The first-order valence-electron chi connectivity index (χ1n) is 6.98. The molecule has 0 radical (unpaired) electrons. The van der Waals surface area contributed by atoms with Gasteiger partial charge in [-0.15, -0.1) is 0 Å². The van der Waals surface area contributed by atoms with Crippen molar-refractivity contribution in [2.75, 3.05) is 0 Å². The normalized spacial score (nSPS) is 10.3. The topological polar surface area (TPSA) is 81.5 Å². The lowest BCUT2D eigenvalue weighted by atomic mass is 10.2. The fourth-order valence-electron chi connectivity index (χ4n) is 1.98. The van der Waals surface area contributed by atoms with Gasteiger partial charge in [0.05, 0.1) is 0 Å². The summed E-state index contributed by atoms with van der Waals surface area (Å²) in [7, 11) is 0. The summed E-state index contributed by atoms with van der Waals surface area (Å²) >= 11 is 5.70. The van der Waals surface area contributed by atoms with Gasteiger partial charge in [0.1, 0.15) is 5.75 Å². The molecule has 0 atom stereocenters. The van der Waals surface area contributed by atoms with Gasteiger partial charge in [0.15, 0.2) is 17.4 Å². The molecule has 0 spiro atoms. The summed E-state index contributed by atoms with van der Waals surface area (Å²) in [6.07, 6.45) is -0.0768. The molecule has 6 nitrogen and oxygen atoms in total. The maximum absolute atomic E-state index is 13.7. The van der Waals surface area contributed by atoms with E-state index in [0.29, 0.717) is 11.3 Å². The molecule has 0 aliphatic heterocycles. The minimum atomic E-state index is -1.46. The van der Waals surface area contributed by atoms with Crippen molar-refractivity contribution in [2.24, 2.45) is 0 Å². The summed E-state index contributed by atoms with van der Waals surface area (Å²) in [6, 6.07) is 12.0. The third kappa shape index (κ3) is 4.21. The molecule has 0 aliphatic carbocycles. The first-order chi connectivity index (χ1) is 12.0. The first kappa shape index (κ1) is 16.7. The number of carbonyl (C=O) groups is 1. The van der Waals surface area contributed by atoms with Gasteiger partial charge in [0.2, 0.25) is 5.88 Å². The SMILES string of the molecule is O=C(O)Oc1ccnc(-c2ccc(Oc3ccc(Cl)cc3F)cc2)n1. The molecule has 0 unspecified atom stereocenters. The maximum atomic E-state index is 13.7. The van der Waals surface area contributed by atoms with Crippen molar-refractivity contribution in [3.63, 3.8) is 0 Å². The Morgan fingerprint density at radius 2 is 1.88 bits per heavy atom. The molecule has 0 saturated carbocycles. The van der Waals surface area contributed by atoms with Crippen LogP contribution in [0, 0.1) is 5.82 Å². The van der Waals surface area contributed by atoms with E-state index in [9.17, 15) is 9.18 Å². The van der Waals surface area contributed by atoms with Gasteiger partial charge < -0.3 is 14.6 Å². The van der Waals surface area contributed by atoms with Crippen LogP contribution in [0.5, 0.6) is 17.4 Å². The summed E-state index contributed by atoms with van der Waals surface area (Å²) in [6.45, 7) is 0. The number of hydrogen-bond donors (Lipinski definition) is 1. The summed E-state index contributed by atoms with van der Waals surface area (Å²) < 4.78 is 23.7. The fraction of sp³-hybridized carbons (Fsp3) is 0. The van der Waals surface area contributed by atoms with Gasteiger partial charge in [-0.05, 0) is 42.5 Å². The predicted octanol–water partition coefficient (Wildman–Crippen LogP) is 4.79. The van der Waals surface area contributed by atoms with Gasteiger partial charge in [-0.2, -0.15) is 4.98 Å². The van der Waals surface area contributed by atoms with E-state index in [1.54, 1.807) is 24.3 Å². The van der Waals surface area contributed by atoms with E-state index in [-0.39, 0.29) is 22.5 Å². The average Bonchev–Trinajstić information content (AvgIpc) is 2.58. The second-order valence-corrected chi connectivity index (χ2v) is 5.22. The highest BCUT2D eigenvalue weighted by molar-refractivity contribution is 6.30. The van der Waals surface area contributed by atoms with Crippen LogP contribution in [0.15, 0.2) is 54.7 Å². The van der Waals surface area contributed by atoms with Crippen LogP contribution in [0.1, 0.15) is 0 Å². The number of carboxylic acid groups (broad SMARTS) is 1. The highest BCUT2D eigenvalue weighted by atomic mass is 35.5. The van der Waals surface area contributed by atoms with Crippen molar-refractivity contribution in [1.82, 2.24) is 9.97 Å². The molecule has 0 amide bonds. The van der Waals surface area contributed by atoms with Gasteiger partial charge in [0.25, 0.3) is 0 Å². The smallest absolute Gasteiger partial charge is 0.454 e. The molecule has 0 bridgehead atoms. The molecular weight excluding hydrogens is 351 g/mol. The third-order valence-corrected chi connectivity index (χ3v) is 3.29. The zero-order valence-electron chi connectivity index (χ0n) is 12.5. The average molecular weight is 361 g/mol. The molecule has 1 N–H and O–H groups in total. The molecule has 25 heavy (non-hydrogen) atoms. The molecule has 3 aromatic rings. The van der Waals surface area contributed by atoms with Crippen LogP contribution in [-0.4, -0.2) is 21.2 Å². The number of hydrogen-bond acceptors (Lipinski definition) is 5. The standard InChI is InChI=1S/C17H10ClFN2O4/c18-11-3-6-14(13(19)9-11)24-12-4-1-10(2-5-12)16-20-8-7-15(21-16)25-17(22)23/h1-9H,(H,22,23). The Bertz CT molecular complexity index is 919. The molecule has 1 aromatic heterocycles. The van der Waals surface area contributed by atoms with Crippen LogP contribution < -0.4 is 9.47 Å². The number of rotatable bonds is 4. The number of ether oxygens (including phenoxy) is 2. The quantitative estimate of drug-likeness (QED) is 0.674. The molecular formula is C17H10ClFN2O4. The largest absolute Gasteiger partial charge is 0.512 e. The van der Waals surface area contributed by atoms with Gasteiger partial charge >= 0.3 is 6.16 Å². The number of aromatic nitrogens is 2. The summed E-state index contributed by atoms with van der Waals surface area (Å²) in [4.78, 5) is 18.6. The molecule has 0 aliphatic rings. The second-order valence-electron chi connectivity index (χ2n) is 4.79. The Balaban J connectivity index is 1.79. The van der Waals surface area contributed by atoms with Crippen molar-refractivity contribution in [3.8, 4) is 28.8 Å². The predicted molar refractivity (Wildman–Crippen MR) is 87.6 cm³/mol. The van der Waals surface area contributed by atoms with E-state index >= 15 is 0 Å². The lowest BCUT2D eigenvalue weighted by Gasteiger charge is -2.08. The monoisotopic (exact) mass is 360 g/mol. The Hall–Kier alpha value is -3.19. The highest BCUT2D eigenvalue weighted by Gasteiger charge is 2.08. The van der Waals surface area contributed by atoms with Crippen LogP contribution in [0.2, 0.25) is 5.02 Å². The van der Waals surface area contributed by atoms with Crippen LogP contribution in [-0.2, 0) is 0 Å². The van der Waals surface area contributed by atoms with Crippen molar-refractivity contribution >= 4 is 17.8 Å². The first-order valence-corrected chi connectivity index (χ1v) is 7.36.